The van der Waals surface area contributed by atoms with Crippen molar-refractivity contribution < 1.29 is 19.1 Å². The van der Waals surface area contributed by atoms with Gasteiger partial charge >= 0.3 is 6.09 Å². The minimum Gasteiger partial charge on any atom is -0.479 e. The Balaban J connectivity index is 1.52. The summed E-state index contributed by atoms with van der Waals surface area (Å²) in [5, 5.41) is 5.46. The monoisotopic (exact) mass is 326 g/mol. The van der Waals surface area contributed by atoms with Gasteiger partial charge in [-0.1, -0.05) is 36.4 Å². The number of benzene rings is 2. The van der Waals surface area contributed by atoms with Gasteiger partial charge in [-0.2, -0.15) is 0 Å². The molecule has 0 spiro atoms. The summed E-state index contributed by atoms with van der Waals surface area (Å²) in [7, 11) is 0. The molecular weight excluding hydrogens is 308 g/mol. The van der Waals surface area contributed by atoms with E-state index in [-0.39, 0.29) is 12.5 Å². The maximum absolute atomic E-state index is 11.7. The topological polar surface area (TPSA) is 76.7 Å². The number of amides is 2. The summed E-state index contributed by atoms with van der Waals surface area (Å²) >= 11 is 0. The van der Waals surface area contributed by atoms with Crippen molar-refractivity contribution in [3.05, 3.63) is 59.7 Å². The molecule has 1 atom stereocenters. The molecule has 0 aliphatic carbocycles. The largest absolute Gasteiger partial charge is 0.479 e. The van der Waals surface area contributed by atoms with Crippen molar-refractivity contribution in [1.29, 1.82) is 0 Å². The zero-order valence-corrected chi connectivity index (χ0v) is 13.2. The number of nitrogens with one attached hydrogen (secondary N) is 2. The molecule has 0 saturated carbocycles. The molecule has 2 aromatic rings. The van der Waals surface area contributed by atoms with Crippen LogP contribution in [-0.2, 0) is 22.7 Å². The number of hydrogen-bond donors (Lipinski definition) is 2. The van der Waals surface area contributed by atoms with Gasteiger partial charge in [-0.3, -0.25) is 4.79 Å². The molecule has 1 heterocycles. The lowest BCUT2D eigenvalue weighted by atomic mass is 10.1. The minimum absolute atomic E-state index is 0.185. The van der Waals surface area contributed by atoms with Gasteiger partial charge in [-0.25, -0.2) is 4.79 Å². The average molecular weight is 326 g/mol. The molecule has 0 fully saturated rings. The van der Waals surface area contributed by atoms with E-state index in [4.69, 9.17) is 9.47 Å². The number of anilines is 1. The van der Waals surface area contributed by atoms with Crippen molar-refractivity contribution in [2.45, 2.75) is 26.2 Å². The van der Waals surface area contributed by atoms with Gasteiger partial charge in [0.1, 0.15) is 12.4 Å². The van der Waals surface area contributed by atoms with E-state index in [9.17, 15) is 9.59 Å². The van der Waals surface area contributed by atoms with E-state index in [1.165, 1.54) is 0 Å². The van der Waals surface area contributed by atoms with Crippen LogP contribution < -0.4 is 15.4 Å². The highest BCUT2D eigenvalue weighted by Gasteiger charge is 2.23. The van der Waals surface area contributed by atoms with Crippen LogP contribution in [0.2, 0.25) is 0 Å². The summed E-state index contributed by atoms with van der Waals surface area (Å²) in [5.74, 6) is 0.437. The van der Waals surface area contributed by atoms with Crippen LogP contribution in [0.3, 0.4) is 0 Å². The Labute approximate surface area is 139 Å². The van der Waals surface area contributed by atoms with Crippen LogP contribution in [0.25, 0.3) is 0 Å². The summed E-state index contributed by atoms with van der Waals surface area (Å²) in [6, 6.07) is 14.8. The fraction of sp³-hybridized carbons (Fsp3) is 0.222. The van der Waals surface area contributed by atoms with Gasteiger partial charge < -0.3 is 20.1 Å². The van der Waals surface area contributed by atoms with Gasteiger partial charge in [-0.15, -0.1) is 0 Å². The van der Waals surface area contributed by atoms with Crippen molar-refractivity contribution in [2.24, 2.45) is 0 Å². The molecule has 1 unspecified atom stereocenters. The third-order valence-corrected chi connectivity index (χ3v) is 3.62. The molecule has 124 valence electrons. The van der Waals surface area contributed by atoms with Gasteiger partial charge in [0, 0.05) is 6.54 Å². The second-order valence-corrected chi connectivity index (χ2v) is 5.50. The highest BCUT2D eigenvalue weighted by molar-refractivity contribution is 5.97. The van der Waals surface area contributed by atoms with Crippen molar-refractivity contribution in [1.82, 2.24) is 5.32 Å². The molecule has 6 heteroatoms. The third kappa shape index (κ3) is 3.84. The van der Waals surface area contributed by atoms with Crippen LogP contribution in [0.1, 0.15) is 18.1 Å². The zero-order valence-electron chi connectivity index (χ0n) is 13.2. The number of alkyl carbamates (subject to hydrolysis) is 1. The number of rotatable bonds is 4. The van der Waals surface area contributed by atoms with Crippen molar-refractivity contribution in [3.63, 3.8) is 0 Å². The second-order valence-electron chi connectivity index (χ2n) is 5.50. The smallest absolute Gasteiger partial charge is 0.407 e. The van der Waals surface area contributed by atoms with Crippen LogP contribution in [-0.4, -0.2) is 18.1 Å². The maximum Gasteiger partial charge on any atom is 0.407 e. The predicted octanol–water partition coefficient (Wildman–Crippen LogP) is 2.83. The molecule has 1 aliphatic heterocycles. The normalized spacial score (nSPS) is 15.7. The van der Waals surface area contributed by atoms with Crippen molar-refractivity contribution in [2.75, 3.05) is 5.32 Å². The molecule has 6 nitrogen and oxygen atoms in total. The van der Waals surface area contributed by atoms with E-state index in [0.717, 1.165) is 11.1 Å². The highest BCUT2D eigenvalue weighted by atomic mass is 16.5. The Hall–Kier alpha value is -3.02. The first-order valence-electron chi connectivity index (χ1n) is 7.67. The van der Waals surface area contributed by atoms with E-state index < -0.39 is 12.2 Å². The quantitative estimate of drug-likeness (QED) is 0.906. The van der Waals surface area contributed by atoms with Crippen LogP contribution in [0, 0.1) is 0 Å². The first-order chi connectivity index (χ1) is 11.6. The van der Waals surface area contributed by atoms with Gasteiger partial charge in [0.25, 0.3) is 5.91 Å². The second kappa shape index (κ2) is 7.04. The van der Waals surface area contributed by atoms with E-state index >= 15 is 0 Å². The van der Waals surface area contributed by atoms with Gasteiger partial charge in [0.2, 0.25) is 0 Å². The van der Waals surface area contributed by atoms with Gasteiger partial charge in [-0.05, 0) is 30.2 Å². The number of fused-ring (bicyclic) bond motifs is 1. The summed E-state index contributed by atoms with van der Waals surface area (Å²) < 4.78 is 10.6. The number of carbonyl (C=O) groups is 2. The first kappa shape index (κ1) is 15.9. The van der Waals surface area contributed by atoms with Crippen LogP contribution in [0.15, 0.2) is 48.5 Å². The van der Waals surface area contributed by atoms with Crippen LogP contribution in [0.4, 0.5) is 10.5 Å². The Morgan fingerprint density at radius 1 is 1.21 bits per heavy atom. The van der Waals surface area contributed by atoms with E-state index in [1.54, 1.807) is 19.1 Å². The van der Waals surface area contributed by atoms with Crippen molar-refractivity contribution >= 4 is 17.7 Å². The maximum atomic E-state index is 11.7. The highest BCUT2D eigenvalue weighted by Crippen LogP contribution is 2.30. The molecule has 0 aromatic heterocycles. The SMILES string of the molecule is CC1Oc2ccc(CNC(=O)OCc3ccccc3)cc2NC1=O. The molecule has 0 radical (unpaired) electrons. The first-order valence-corrected chi connectivity index (χ1v) is 7.67. The Morgan fingerprint density at radius 3 is 2.79 bits per heavy atom. The lowest BCUT2D eigenvalue weighted by Crippen LogP contribution is -2.34. The van der Waals surface area contributed by atoms with E-state index in [0.29, 0.717) is 18.0 Å². The molecule has 2 aromatic carbocycles. The van der Waals surface area contributed by atoms with Crippen LogP contribution in [0.5, 0.6) is 5.75 Å². The predicted molar refractivity (Wildman–Crippen MR) is 88.6 cm³/mol. The lowest BCUT2D eigenvalue weighted by molar-refractivity contribution is -0.122. The summed E-state index contributed by atoms with van der Waals surface area (Å²) in [6.07, 6.45) is -1.00. The number of ether oxygens (including phenoxy) is 2. The molecule has 2 amide bonds. The Kier molecular flexibility index (Phi) is 4.65. The minimum atomic E-state index is -0.505. The lowest BCUT2D eigenvalue weighted by Gasteiger charge is -2.23. The van der Waals surface area contributed by atoms with E-state index in [2.05, 4.69) is 10.6 Å². The number of carbonyl (C=O) groups excluding carboxylic acids is 2. The molecule has 3 rings (SSSR count). The number of hydrogen-bond acceptors (Lipinski definition) is 4. The summed E-state index contributed by atoms with van der Waals surface area (Å²) in [5.41, 5.74) is 2.37. The Bertz CT molecular complexity index is 746. The molecular formula is C18H18N2O4. The zero-order chi connectivity index (χ0) is 16.9. The van der Waals surface area contributed by atoms with Gasteiger partial charge in [0.05, 0.1) is 5.69 Å². The van der Waals surface area contributed by atoms with Crippen LogP contribution >= 0.6 is 0 Å². The summed E-state index contributed by atoms with van der Waals surface area (Å²) in [6.45, 7) is 2.21. The standard InChI is InChI=1S/C18H18N2O4/c1-12-17(21)20-15-9-14(7-8-16(15)24-12)10-19-18(22)23-11-13-5-3-2-4-6-13/h2-9,12H,10-11H2,1H3,(H,19,22)(H,20,21). The molecule has 24 heavy (non-hydrogen) atoms. The molecule has 0 saturated heterocycles. The Morgan fingerprint density at radius 2 is 2.00 bits per heavy atom. The van der Waals surface area contributed by atoms with Crippen molar-refractivity contribution in [3.8, 4) is 5.75 Å². The third-order valence-electron chi connectivity index (χ3n) is 3.62. The average Bonchev–Trinajstić information content (AvgIpc) is 2.60. The molecule has 1 aliphatic rings. The van der Waals surface area contributed by atoms with E-state index in [1.807, 2.05) is 36.4 Å². The van der Waals surface area contributed by atoms with Gasteiger partial charge in [0.15, 0.2) is 6.10 Å². The fourth-order valence-electron chi connectivity index (χ4n) is 2.31. The summed E-state index contributed by atoms with van der Waals surface area (Å²) in [4.78, 5) is 23.4. The fourth-order valence-corrected chi connectivity index (χ4v) is 2.31. The molecule has 2 N–H and O–H groups in total. The molecule has 0 bridgehead atoms.